The van der Waals surface area contributed by atoms with Crippen molar-refractivity contribution in [2.75, 3.05) is 6.61 Å². The van der Waals surface area contributed by atoms with Crippen molar-refractivity contribution in [3.63, 3.8) is 0 Å². The zero-order valence-electron chi connectivity index (χ0n) is 9.36. The number of hydrogen-bond acceptors (Lipinski definition) is 3. The molecule has 1 atom stereocenters. The van der Waals surface area contributed by atoms with Crippen LogP contribution in [0, 0.1) is 0 Å². The predicted octanol–water partition coefficient (Wildman–Crippen LogP) is 2.79. The van der Waals surface area contributed by atoms with E-state index in [-0.39, 0.29) is 12.5 Å². The van der Waals surface area contributed by atoms with E-state index in [0.29, 0.717) is 6.61 Å². The number of carboxylic acids is 1. The smallest absolute Gasteiger partial charge is 0.308 e. The minimum atomic E-state index is -0.758. The lowest BCUT2D eigenvalue weighted by Crippen LogP contribution is -2.10. The maximum absolute atomic E-state index is 10.7. The molecule has 3 nitrogen and oxygen atoms in total. The van der Waals surface area contributed by atoms with E-state index >= 15 is 0 Å². The number of carboxylic acid groups (broad SMARTS) is 1. The zero-order valence-corrected chi connectivity index (χ0v) is 10.2. The zero-order chi connectivity index (χ0) is 11.5. The van der Waals surface area contributed by atoms with Gasteiger partial charge in [-0.25, -0.2) is 0 Å². The van der Waals surface area contributed by atoms with Crippen LogP contribution in [0.25, 0.3) is 0 Å². The van der Waals surface area contributed by atoms with Gasteiger partial charge in [-0.15, -0.1) is 11.3 Å². The number of fused-ring (bicyclic) bond motifs is 1. The minimum Gasteiger partial charge on any atom is -0.481 e. The van der Waals surface area contributed by atoms with Gasteiger partial charge in [0, 0.05) is 16.4 Å². The monoisotopic (exact) mass is 240 g/mol. The third-order valence-electron chi connectivity index (χ3n) is 2.80. The molecule has 2 rings (SSSR count). The largest absolute Gasteiger partial charge is 0.481 e. The van der Waals surface area contributed by atoms with Gasteiger partial charge in [0.15, 0.2) is 0 Å². The van der Waals surface area contributed by atoms with Crippen molar-refractivity contribution in [3.8, 4) is 0 Å². The number of rotatable bonds is 4. The average molecular weight is 240 g/mol. The van der Waals surface area contributed by atoms with E-state index in [9.17, 15) is 4.79 Å². The highest BCUT2D eigenvalue weighted by atomic mass is 32.1. The Morgan fingerprint density at radius 1 is 1.69 bits per heavy atom. The van der Waals surface area contributed by atoms with Crippen molar-refractivity contribution in [2.24, 2.45) is 0 Å². The lowest BCUT2D eigenvalue weighted by Gasteiger charge is -2.22. The molecule has 1 aliphatic carbocycles. The first kappa shape index (κ1) is 11.6. The fourth-order valence-electron chi connectivity index (χ4n) is 2.18. The number of thiophene rings is 1. The third kappa shape index (κ3) is 2.44. The minimum absolute atomic E-state index is 0.135. The van der Waals surface area contributed by atoms with Crippen LogP contribution in [0.1, 0.15) is 41.2 Å². The summed E-state index contributed by atoms with van der Waals surface area (Å²) in [6.45, 7) is 2.72. The average Bonchev–Trinajstić information content (AvgIpc) is 2.60. The van der Waals surface area contributed by atoms with Crippen LogP contribution < -0.4 is 0 Å². The lowest BCUT2D eigenvalue weighted by molar-refractivity contribution is -0.136. The van der Waals surface area contributed by atoms with Gasteiger partial charge in [-0.05, 0) is 37.8 Å². The molecule has 1 unspecified atom stereocenters. The quantitative estimate of drug-likeness (QED) is 0.880. The molecule has 0 spiro atoms. The molecule has 0 radical (unpaired) electrons. The fourth-order valence-corrected chi connectivity index (χ4v) is 3.44. The molecular formula is C12H16O3S. The van der Waals surface area contributed by atoms with Crippen molar-refractivity contribution in [1.29, 1.82) is 0 Å². The van der Waals surface area contributed by atoms with Crippen molar-refractivity contribution in [1.82, 2.24) is 0 Å². The van der Waals surface area contributed by atoms with Gasteiger partial charge in [-0.1, -0.05) is 0 Å². The number of carbonyl (C=O) groups is 1. The van der Waals surface area contributed by atoms with Crippen LogP contribution in [-0.4, -0.2) is 17.7 Å². The molecule has 0 aliphatic heterocycles. The molecular weight excluding hydrogens is 224 g/mol. The van der Waals surface area contributed by atoms with E-state index in [1.54, 1.807) is 11.3 Å². The SMILES string of the molecule is CCOC1CCCc2sc(CC(=O)O)cc21. The molecule has 0 saturated carbocycles. The van der Waals surface area contributed by atoms with Gasteiger partial charge in [-0.2, -0.15) is 0 Å². The highest BCUT2D eigenvalue weighted by Gasteiger charge is 2.23. The topological polar surface area (TPSA) is 46.5 Å². The fraction of sp³-hybridized carbons (Fsp3) is 0.583. The number of hydrogen-bond donors (Lipinski definition) is 1. The summed E-state index contributed by atoms with van der Waals surface area (Å²) in [6.07, 6.45) is 3.60. The Morgan fingerprint density at radius 3 is 3.19 bits per heavy atom. The normalized spacial score (nSPS) is 19.4. The van der Waals surface area contributed by atoms with Crippen LogP contribution in [-0.2, 0) is 22.4 Å². The second-order valence-corrected chi connectivity index (χ2v) is 5.22. The van der Waals surface area contributed by atoms with Crippen LogP contribution >= 0.6 is 11.3 Å². The van der Waals surface area contributed by atoms with Gasteiger partial charge < -0.3 is 9.84 Å². The molecule has 1 N–H and O–H groups in total. The summed E-state index contributed by atoms with van der Waals surface area (Å²) in [7, 11) is 0. The van der Waals surface area contributed by atoms with Crippen LogP contribution in [0.4, 0.5) is 0 Å². The van der Waals surface area contributed by atoms with E-state index in [0.717, 1.165) is 24.1 Å². The molecule has 0 fully saturated rings. The van der Waals surface area contributed by atoms with Crippen LogP contribution in [0.2, 0.25) is 0 Å². The molecule has 0 bridgehead atoms. The summed E-state index contributed by atoms with van der Waals surface area (Å²) in [4.78, 5) is 12.9. The van der Waals surface area contributed by atoms with E-state index in [1.807, 2.05) is 13.0 Å². The van der Waals surface area contributed by atoms with Gasteiger partial charge in [-0.3, -0.25) is 4.79 Å². The predicted molar refractivity (Wildman–Crippen MR) is 63.0 cm³/mol. The summed E-state index contributed by atoms with van der Waals surface area (Å²) in [6, 6.07) is 2.02. The molecule has 1 aromatic rings. The summed E-state index contributed by atoms with van der Waals surface area (Å²) < 4.78 is 5.69. The van der Waals surface area contributed by atoms with Gasteiger partial charge >= 0.3 is 5.97 Å². The van der Waals surface area contributed by atoms with E-state index in [4.69, 9.17) is 9.84 Å². The van der Waals surface area contributed by atoms with Crippen LogP contribution in [0.15, 0.2) is 6.07 Å². The first-order valence-electron chi connectivity index (χ1n) is 5.65. The standard InChI is InChI=1S/C12H16O3S/c1-2-15-10-4-3-5-11-9(10)6-8(16-11)7-12(13)14/h6,10H,2-5,7H2,1H3,(H,13,14). The highest BCUT2D eigenvalue weighted by Crippen LogP contribution is 2.37. The summed E-state index contributed by atoms with van der Waals surface area (Å²) >= 11 is 1.63. The molecule has 16 heavy (non-hydrogen) atoms. The van der Waals surface area contributed by atoms with E-state index in [1.165, 1.54) is 10.4 Å². The van der Waals surface area contributed by atoms with E-state index in [2.05, 4.69) is 0 Å². The van der Waals surface area contributed by atoms with E-state index < -0.39 is 5.97 Å². The van der Waals surface area contributed by atoms with Crippen LogP contribution in [0.5, 0.6) is 0 Å². The Morgan fingerprint density at radius 2 is 2.50 bits per heavy atom. The molecule has 1 heterocycles. The Balaban J connectivity index is 2.20. The second-order valence-electron chi connectivity index (χ2n) is 4.00. The van der Waals surface area contributed by atoms with Gasteiger partial charge in [0.05, 0.1) is 12.5 Å². The molecule has 1 aromatic heterocycles. The second kappa shape index (κ2) is 4.97. The van der Waals surface area contributed by atoms with Crippen molar-refractivity contribution in [2.45, 2.75) is 38.7 Å². The summed E-state index contributed by atoms with van der Waals surface area (Å²) in [5.74, 6) is -0.758. The maximum atomic E-state index is 10.7. The highest BCUT2D eigenvalue weighted by molar-refractivity contribution is 7.12. The summed E-state index contributed by atoms with van der Waals surface area (Å²) in [5, 5.41) is 8.77. The first-order valence-corrected chi connectivity index (χ1v) is 6.47. The van der Waals surface area contributed by atoms with Crippen molar-refractivity contribution in [3.05, 3.63) is 21.4 Å². The number of aryl methyl sites for hydroxylation is 1. The Hall–Kier alpha value is -0.870. The molecule has 88 valence electrons. The van der Waals surface area contributed by atoms with Gasteiger partial charge in [0.2, 0.25) is 0 Å². The van der Waals surface area contributed by atoms with Crippen molar-refractivity contribution < 1.29 is 14.6 Å². The Kier molecular flexibility index (Phi) is 3.61. The molecule has 1 aliphatic rings. The molecule has 0 saturated heterocycles. The molecule has 0 amide bonds. The maximum Gasteiger partial charge on any atom is 0.308 e. The number of aliphatic carboxylic acids is 1. The lowest BCUT2D eigenvalue weighted by atomic mass is 9.96. The molecule has 4 heteroatoms. The van der Waals surface area contributed by atoms with Gasteiger partial charge in [0.25, 0.3) is 0 Å². The third-order valence-corrected chi connectivity index (χ3v) is 4.01. The number of ether oxygens (including phenoxy) is 1. The van der Waals surface area contributed by atoms with Crippen molar-refractivity contribution >= 4 is 17.3 Å². The Labute approximate surface area is 99.1 Å². The molecule has 0 aromatic carbocycles. The summed E-state index contributed by atoms with van der Waals surface area (Å²) in [5.41, 5.74) is 1.23. The Bertz CT molecular complexity index is 384. The van der Waals surface area contributed by atoms with Crippen LogP contribution in [0.3, 0.4) is 0 Å². The first-order chi connectivity index (χ1) is 7.70. The van der Waals surface area contributed by atoms with Gasteiger partial charge in [0.1, 0.15) is 0 Å².